The molecule has 1 amide bonds. The Labute approximate surface area is 155 Å². The molecule has 1 unspecified atom stereocenters. The Bertz CT molecular complexity index is 724. The van der Waals surface area contributed by atoms with E-state index in [0.717, 1.165) is 57.4 Å². The molecule has 26 heavy (non-hydrogen) atoms. The van der Waals surface area contributed by atoms with E-state index in [0.29, 0.717) is 5.92 Å². The second kappa shape index (κ2) is 7.58. The number of ether oxygens (including phenoxy) is 1. The van der Waals surface area contributed by atoms with Gasteiger partial charge in [0.25, 0.3) is 5.91 Å². The maximum Gasteiger partial charge on any atom is 0.253 e. The van der Waals surface area contributed by atoms with E-state index in [1.54, 1.807) is 24.5 Å². The van der Waals surface area contributed by atoms with E-state index in [-0.39, 0.29) is 11.5 Å². The molecule has 3 heterocycles. The smallest absolute Gasteiger partial charge is 0.253 e. The minimum absolute atomic E-state index is 0.0350. The van der Waals surface area contributed by atoms with Crippen LogP contribution in [0.2, 0.25) is 0 Å². The summed E-state index contributed by atoms with van der Waals surface area (Å²) >= 11 is 0. The molecular weight excluding hydrogens is 324 g/mol. The van der Waals surface area contributed by atoms with Crippen LogP contribution in [0, 0.1) is 5.92 Å². The largest absolute Gasteiger partial charge is 0.375 e. The fourth-order valence-corrected chi connectivity index (χ4v) is 4.39. The van der Waals surface area contributed by atoms with Gasteiger partial charge < -0.3 is 9.64 Å². The van der Waals surface area contributed by atoms with Crippen molar-refractivity contribution in [3.05, 3.63) is 66.0 Å². The average Bonchev–Trinajstić information content (AvgIpc) is 2.70. The van der Waals surface area contributed by atoms with Crippen LogP contribution in [0.1, 0.15) is 41.6 Å². The number of piperidine rings is 1. The third-order valence-electron chi connectivity index (χ3n) is 5.85. The van der Waals surface area contributed by atoms with Crippen molar-refractivity contribution in [1.29, 1.82) is 0 Å². The molecule has 2 aliphatic rings. The number of hydrogen-bond donors (Lipinski definition) is 0. The van der Waals surface area contributed by atoms with Gasteiger partial charge in [0, 0.05) is 37.7 Å². The molecule has 1 spiro atoms. The van der Waals surface area contributed by atoms with Gasteiger partial charge >= 0.3 is 0 Å². The highest BCUT2D eigenvalue weighted by atomic mass is 16.5. The van der Waals surface area contributed by atoms with Crippen LogP contribution in [0.25, 0.3) is 0 Å². The van der Waals surface area contributed by atoms with E-state index in [1.807, 2.05) is 4.90 Å². The van der Waals surface area contributed by atoms with Crippen molar-refractivity contribution in [1.82, 2.24) is 9.88 Å². The Morgan fingerprint density at radius 1 is 1.12 bits per heavy atom. The van der Waals surface area contributed by atoms with Crippen molar-refractivity contribution in [2.45, 2.75) is 37.7 Å². The fraction of sp³-hybridized carbons (Fsp3) is 0.455. The molecule has 1 aromatic carbocycles. The van der Waals surface area contributed by atoms with E-state index in [1.165, 1.54) is 5.56 Å². The molecule has 4 rings (SSSR count). The summed E-state index contributed by atoms with van der Waals surface area (Å²) in [4.78, 5) is 18.6. The third-order valence-corrected chi connectivity index (χ3v) is 5.85. The van der Waals surface area contributed by atoms with Gasteiger partial charge in [0.05, 0.1) is 5.60 Å². The number of aromatic nitrogens is 1. The fourth-order valence-electron chi connectivity index (χ4n) is 4.39. The van der Waals surface area contributed by atoms with Crippen LogP contribution in [-0.2, 0) is 11.2 Å². The van der Waals surface area contributed by atoms with Gasteiger partial charge in [-0.05, 0) is 55.7 Å². The zero-order valence-corrected chi connectivity index (χ0v) is 15.1. The molecule has 4 heteroatoms. The molecule has 0 bridgehead atoms. The normalized spacial score (nSPS) is 22.3. The number of carbonyl (C=O) groups excluding carboxylic acids is 1. The summed E-state index contributed by atoms with van der Waals surface area (Å²) in [5, 5.41) is 0. The molecule has 4 nitrogen and oxygen atoms in total. The van der Waals surface area contributed by atoms with Gasteiger partial charge in [0.1, 0.15) is 0 Å². The highest BCUT2D eigenvalue weighted by Gasteiger charge is 2.41. The van der Waals surface area contributed by atoms with Gasteiger partial charge in [-0.15, -0.1) is 0 Å². The summed E-state index contributed by atoms with van der Waals surface area (Å²) < 4.78 is 6.26. The molecule has 2 aromatic rings. The molecule has 1 atom stereocenters. The van der Waals surface area contributed by atoms with E-state index < -0.39 is 0 Å². The van der Waals surface area contributed by atoms with Gasteiger partial charge in [0.2, 0.25) is 0 Å². The molecule has 0 saturated carbocycles. The molecule has 0 radical (unpaired) electrons. The Morgan fingerprint density at radius 2 is 1.85 bits per heavy atom. The van der Waals surface area contributed by atoms with E-state index in [9.17, 15) is 4.79 Å². The predicted molar refractivity (Wildman–Crippen MR) is 101 cm³/mol. The molecule has 136 valence electrons. The van der Waals surface area contributed by atoms with Crippen molar-refractivity contribution in [2.75, 3.05) is 19.7 Å². The van der Waals surface area contributed by atoms with Crippen molar-refractivity contribution in [3.63, 3.8) is 0 Å². The molecule has 2 aliphatic heterocycles. The summed E-state index contributed by atoms with van der Waals surface area (Å²) in [5.74, 6) is 0.785. The zero-order chi connectivity index (χ0) is 17.8. The Kier molecular flexibility index (Phi) is 5.02. The maximum absolute atomic E-state index is 12.6. The first-order chi connectivity index (χ1) is 12.7. The quantitative estimate of drug-likeness (QED) is 0.847. The maximum atomic E-state index is 12.6. The highest BCUT2D eigenvalue weighted by molar-refractivity contribution is 5.94. The average molecular weight is 350 g/mol. The van der Waals surface area contributed by atoms with Crippen LogP contribution in [0.15, 0.2) is 54.9 Å². The lowest BCUT2D eigenvalue weighted by Crippen LogP contribution is -2.51. The molecule has 0 N–H and O–H groups in total. The third kappa shape index (κ3) is 3.80. The van der Waals surface area contributed by atoms with Crippen LogP contribution in [-0.4, -0.2) is 41.1 Å². The minimum Gasteiger partial charge on any atom is -0.375 e. The van der Waals surface area contributed by atoms with E-state index in [2.05, 4.69) is 35.3 Å². The Morgan fingerprint density at radius 3 is 2.58 bits per heavy atom. The molecule has 0 aliphatic carbocycles. The van der Waals surface area contributed by atoms with Crippen LogP contribution >= 0.6 is 0 Å². The minimum atomic E-state index is -0.0350. The molecular formula is C22H26N2O2. The number of pyridine rings is 1. The summed E-state index contributed by atoms with van der Waals surface area (Å²) in [6, 6.07) is 14.3. The first-order valence-electron chi connectivity index (χ1n) is 9.61. The number of carbonyl (C=O) groups is 1. The lowest BCUT2D eigenvalue weighted by atomic mass is 9.77. The van der Waals surface area contributed by atoms with Crippen LogP contribution in [0.5, 0.6) is 0 Å². The van der Waals surface area contributed by atoms with Gasteiger partial charge in [0.15, 0.2) is 0 Å². The number of likely N-dealkylation sites (tertiary alicyclic amines) is 1. The summed E-state index contributed by atoms with van der Waals surface area (Å²) in [6.07, 6.45) is 8.61. The van der Waals surface area contributed by atoms with Crippen molar-refractivity contribution >= 4 is 5.91 Å². The second-order valence-corrected chi connectivity index (χ2v) is 7.61. The Balaban J connectivity index is 1.36. The van der Waals surface area contributed by atoms with E-state index >= 15 is 0 Å². The molecule has 2 saturated heterocycles. The lowest BCUT2D eigenvalue weighted by Gasteiger charge is -2.46. The lowest BCUT2D eigenvalue weighted by molar-refractivity contribution is -0.123. The summed E-state index contributed by atoms with van der Waals surface area (Å²) in [5.41, 5.74) is 2.11. The van der Waals surface area contributed by atoms with Crippen molar-refractivity contribution in [2.24, 2.45) is 5.92 Å². The standard InChI is InChI=1S/C22H26N2O2/c25-21(20-6-11-23-12-7-20)24-13-9-22(10-14-24)17-19(8-15-26-22)16-18-4-2-1-3-5-18/h1-7,11-12,19H,8-10,13-17H2. The number of benzene rings is 1. The highest BCUT2D eigenvalue weighted by Crippen LogP contribution is 2.39. The second-order valence-electron chi connectivity index (χ2n) is 7.61. The van der Waals surface area contributed by atoms with Crippen LogP contribution in [0.4, 0.5) is 0 Å². The van der Waals surface area contributed by atoms with Crippen LogP contribution < -0.4 is 0 Å². The summed E-state index contributed by atoms with van der Waals surface area (Å²) in [7, 11) is 0. The first-order valence-corrected chi connectivity index (χ1v) is 9.61. The number of rotatable bonds is 3. The number of amides is 1. The summed E-state index contributed by atoms with van der Waals surface area (Å²) in [6.45, 7) is 2.40. The molecule has 2 fully saturated rings. The van der Waals surface area contributed by atoms with E-state index in [4.69, 9.17) is 4.74 Å². The predicted octanol–water partition coefficient (Wildman–Crippen LogP) is 3.73. The van der Waals surface area contributed by atoms with Gasteiger partial charge in [-0.25, -0.2) is 0 Å². The number of hydrogen-bond acceptors (Lipinski definition) is 3. The zero-order valence-electron chi connectivity index (χ0n) is 15.1. The van der Waals surface area contributed by atoms with Gasteiger partial charge in [-0.2, -0.15) is 0 Å². The SMILES string of the molecule is O=C(c1ccncc1)N1CCC2(CC1)CC(Cc1ccccc1)CCO2. The topological polar surface area (TPSA) is 42.4 Å². The van der Waals surface area contributed by atoms with Crippen molar-refractivity contribution in [3.8, 4) is 0 Å². The van der Waals surface area contributed by atoms with Gasteiger partial charge in [-0.1, -0.05) is 30.3 Å². The first kappa shape index (κ1) is 17.2. The monoisotopic (exact) mass is 350 g/mol. The van der Waals surface area contributed by atoms with Crippen LogP contribution in [0.3, 0.4) is 0 Å². The van der Waals surface area contributed by atoms with Crippen molar-refractivity contribution < 1.29 is 9.53 Å². The molecule has 1 aromatic heterocycles. The number of nitrogens with zero attached hydrogens (tertiary/aromatic N) is 2. The van der Waals surface area contributed by atoms with Gasteiger partial charge in [-0.3, -0.25) is 9.78 Å². The Hall–Kier alpha value is -2.20.